The van der Waals surface area contributed by atoms with Gasteiger partial charge in [0.1, 0.15) is 5.65 Å². The number of carbonyl (C=O) groups is 1. The number of amides is 1. The molecule has 3 rings (SSSR count). The number of pyridine rings is 1. The van der Waals surface area contributed by atoms with Crippen LogP contribution in [-0.2, 0) is 11.3 Å². The van der Waals surface area contributed by atoms with Gasteiger partial charge in [0.05, 0.1) is 18.3 Å². The second-order valence-electron chi connectivity index (χ2n) is 5.07. The number of halogens is 2. The molecule has 2 aromatic rings. The predicted molar refractivity (Wildman–Crippen MR) is 87.3 cm³/mol. The molecule has 21 heavy (non-hydrogen) atoms. The Bertz CT molecular complexity index is 608. The van der Waals surface area contributed by atoms with Crippen molar-refractivity contribution >= 4 is 36.4 Å². The van der Waals surface area contributed by atoms with Gasteiger partial charge in [0.2, 0.25) is 5.91 Å². The second-order valence-corrected chi connectivity index (χ2v) is 5.07. The SMILES string of the molecule is Cc1ccc2nc(CNC(=O)C3CCCN3)cn2c1.Cl.Cl. The minimum absolute atomic E-state index is 0. The Labute approximate surface area is 136 Å². The van der Waals surface area contributed by atoms with Crippen LogP contribution in [0.4, 0.5) is 0 Å². The molecule has 0 radical (unpaired) electrons. The fourth-order valence-corrected chi connectivity index (χ4v) is 2.45. The third kappa shape index (κ3) is 4.09. The highest BCUT2D eigenvalue weighted by Crippen LogP contribution is 2.08. The Kier molecular flexibility index (Phi) is 6.45. The van der Waals surface area contributed by atoms with E-state index in [1.54, 1.807) is 0 Å². The Morgan fingerprint density at radius 2 is 2.24 bits per heavy atom. The van der Waals surface area contributed by atoms with Crippen molar-refractivity contribution < 1.29 is 4.79 Å². The van der Waals surface area contributed by atoms with E-state index >= 15 is 0 Å². The molecule has 0 bridgehead atoms. The molecule has 1 amide bonds. The summed E-state index contributed by atoms with van der Waals surface area (Å²) in [6.45, 7) is 3.47. The standard InChI is InChI=1S/C14H18N4O.2ClH/c1-10-4-5-13-17-11(9-18(13)8-10)7-16-14(19)12-3-2-6-15-12;;/h4-5,8-9,12,15H,2-3,6-7H2,1H3,(H,16,19);2*1H. The zero-order valence-electron chi connectivity index (χ0n) is 11.8. The maximum absolute atomic E-state index is 11.9. The highest BCUT2D eigenvalue weighted by atomic mass is 35.5. The average molecular weight is 331 g/mol. The van der Waals surface area contributed by atoms with E-state index in [2.05, 4.69) is 15.6 Å². The quantitative estimate of drug-likeness (QED) is 0.903. The van der Waals surface area contributed by atoms with E-state index < -0.39 is 0 Å². The Morgan fingerprint density at radius 3 is 2.95 bits per heavy atom. The van der Waals surface area contributed by atoms with Gasteiger partial charge in [-0.3, -0.25) is 4.79 Å². The van der Waals surface area contributed by atoms with Crippen molar-refractivity contribution in [1.29, 1.82) is 0 Å². The van der Waals surface area contributed by atoms with Crippen molar-refractivity contribution in [3.8, 4) is 0 Å². The summed E-state index contributed by atoms with van der Waals surface area (Å²) in [4.78, 5) is 16.4. The minimum atomic E-state index is -0.0284. The number of nitrogens with one attached hydrogen (secondary N) is 2. The molecular formula is C14H20Cl2N4O. The first-order valence-electron chi connectivity index (χ1n) is 6.68. The van der Waals surface area contributed by atoms with Gasteiger partial charge in [-0.25, -0.2) is 4.98 Å². The molecule has 0 aliphatic carbocycles. The molecule has 1 saturated heterocycles. The fourth-order valence-electron chi connectivity index (χ4n) is 2.45. The monoisotopic (exact) mass is 330 g/mol. The summed E-state index contributed by atoms with van der Waals surface area (Å²) in [6, 6.07) is 3.99. The van der Waals surface area contributed by atoms with Gasteiger partial charge < -0.3 is 15.0 Å². The van der Waals surface area contributed by atoms with Crippen LogP contribution in [-0.4, -0.2) is 27.9 Å². The second kappa shape index (κ2) is 7.64. The summed E-state index contributed by atoms with van der Waals surface area (Å²) >= 11 is 0. The molecule has 5 nitrogen and oxygen atoms in total. The zero-order chi connectivity index (χ0) is 13.2. The molecule has 2 N–H and O–H groups in total. The van der Waals surface area contributed by atoms with Crippen molar-refractivity contribution in [3.05, 3.63) is 35.8 Å². The highest BCUT2D eigenvalue weighted by molar-refractivity contribution is 5.85. The van der Waals surface area contributed by atoms with E-state index in [9.17, 15) is 4.79 Å². The Balaban J connectivity index is 0.00000110. The maximum Gasteiger partial charge on any atom is 0.237 e. The third-order valence-corrected chi connectivity index (χ3v) is 3.47. The van der Waals surface area contributed by atoms with Crippen molar-refractivity contribution in [3.63, 3.8) is 0 Å². The number of aromatic nitrogens is 2. The lowest BCUT2D eigenvalue weighted by Crippen LogP contribution is -2.40. The predicted octanol–water partition coefficient (Wildman–Crippen LogP) is 1.85. The van der Waals surface area contributed by atoms with Crippen LogP contribution in [0.25, 0.3) is 5.65 Å². The van der Waals surface area contributed by atoms with Crippen molar-refractivity contribution in [2.75, 3.05) is 6.54 Å². The smallest absolute Gasteiger partial charge is 0.237 e. The van der Waals surface area contributed by atoms with Gasteiger partial charge in [0.15, 0.2) is 0 Å². The van der Waals surface area contributed by atoms with Gasteiger partial charge in [-0.2, -0.15) is 0 Å². The summed E-state index contributed by atoms with van der Waals surface area (Å²) in [5.74, 6) is 0.0748. The van der Waals surface area contributed by atoms with Gasteiger partial charge in [-0.1, -0.05) is 6.07 Å². The number of rotatable bonds is 3. The molecule has 3 heterocycles. The number of carbonyl (C=O) groups excluding carboxylic acids is 1. The Morgan fingerprint density at radius 1 is 1.43 bits per heavy atom. The number of imidazole rings is 1. The molecule has 1 aliphatic rings. The zero-order valence-corrected chi connectivity index (χ0v) is 13.5. The Hall–Kier alpha value is -1.30. The summed E-state index contributed by atoms with van der Waals surface area (Å²) in [5.41, 5.74) is 2.99. The van der Waals surface area contributed by atoms with Crippen molar-refractivity contribution in [1.82, 2.24) is 20.0 Å². The summed E-state index contributed by atoms with van der Waals surface area (Å²) in [6.07, 6.45) is 6.00. The van der Waals surface area contributed by atoms with Crippen LogP contribution in [0.1, 0.15) is 24.1 Å². The van der Waals surface area contributed by atoms with Crippen molar-refractivity contribution in [2.45, 2.75) is 32.4 Å². The van der Waals surface area contributed by atoms with Crippen LogP contribution in [0.3, 0.4) is 0 Å². The number of hydrogen-bond acceptors (Lipinski definition) is 3. The lowest BCUT2D eigenvalue weighted by atomic mass is 10.2. The normalized spacial score (nSPS) is 17.1. The lowest BCUT2D eigenvalue weighted by molar-refractivity contribution is -0.122. The summed E-state index contributed by atoms with van der Waals surface area (Å²) < 4.78 is 1.99. The van der Waals surface area contributed by atoms with Gasteiger partial charge in [-0.15, -0.1) is 24.8 Å². The molecular weight excluding hydrogens is 311 g/mol. The van der Waals surface area contributed by atoms with Gasteiger partial charge in [0, 0.05) is 12.4 Å². The van der Waals surface area contributed by atoms with Crippen LogP contribution in [0, 0.1) is 6.92 Å². The maximum atomic E-state index is 11.9. The van der Waals surface area contributed by atoms with Crippen molar-refractivity contribution in [2.24, 2.45) is 0 Å². The average Bonchev–Trinajstić information content (AvgIpc) is 3.04. The van der Waals surface area contributed by atoms with Crippen LogP contribution >= 0.6 is 24.8 Å². The number of aryl methyl sites for hydroxylation is 1. The summed E-state index contributed by atoms with van der Waals surface area (Å²) in [5, 5.41) is 6.13. The third-order valence-electron chi connectivity index (χ3n) is 3.47. The number of nitrogens with zero attached hydrogens (tertiary/aromatic N) is 2. The van der Waals surface area contributed by atoms with Crippen LogP contribution < -0.4 is 10.6 Å². The van der Waals surface area contributed by atoms with Gasteiger partial charge >= 0.3 is 0 Å². The highest BCUT2D eigenvalue weighted by Gasteiger charge is 2.21. The van der Waals surface area contributed by atoms with Gasteiger partial charge in [0.25, 0.3) is 0 Å². The van der Waals surface area contributed by atoms with E-state index in [4.69, 9.17) is 0 Å². The van der Waals surface area contributed by atoms with Crippen LogP contribution in [0.2, 0.25) is 0 Å². The first kappa shape index (κ1) is 17.8. The molecule has 0 aromatic carbocycles. The van der Waals surface area contributed by atoms with Crippen LogP contribution in [0.15, 0.2) is 24.5 Å². The van der Waals surface area contributed by atoms with E-state index in [-0.39, 0.29) is 36.8 Å². The molecule has 1 unspecified atom stereocenters. The first-order chi connectivity index (χ1) is 9.22. The van der Waals surface area contributed by atoms with Gasteiger partial charge in [-0.05, 0) is 37.9 Å². The van der Waals surface area contributed by atoms with E-state index in [1.165, 1.54) is 5.56 Å². The van der Waals surface area contributed by atoms with E-state index in [0.717, 1.165) is 30.7 Å². The fraction of sp³-hybridized carbons (Fsp3) is 0.429. The van der Waals surface area contributed by atoms with Crippen LogP contribution in [0.5, 0.6) is 0 Å². The molecule has 1 aliphatic heterocycles. The topological polar surface area (TPSA) is 58.4 Å². The number of fused-ring (bicyclic) bond motifs is 1. The molecule has 0 spiro atoms. The van der Waals surface area contributed by atoms with E-state index in [0.29, 0.717) is 6.54 Å². The molecule has 116 valence electrons. The minimum Gasteiger partial charge on any atom is -0.349 e. The molecule has 0 saturated carbocycles. The first-order valence-corrected chi connectivity index (χ1v) is 6.68. The van der Waals surface area contributed by atoms with E-state index in [1.807, 2.05) is 35.9 Å². The molecule has 7 heteroatoms. The largest absolute Gasteiger partial charge is 0.349 e. The number of hydrogen-bond donors (Lipinski definition) is 2. The lowest BCUT2D eigenvalue weighted by Gasteiger charge is -2.09. The molecule has 1 atom stereocenters. The molecule has 1 fully saturated rings. The summed E-state index contributed by atoms with van der Waals surface area (Å²) in [7, 11) is 0. The molecule has 2 aromatic heterocycles.